The molecule has 1 saturated heterocycles. The number of nitrogens with zero attached hydrogens (tertiary/aromatic N) is 1. The molecule has 3 atom stereocenters. The fourth-order valence-corrected chi connectivity index (χ4v) is 4.70. The van der Waals surface area contributed by atoms with E-state index in [1.807, 2.05) is 61.5 Å². The van der Waals surface area contributed by atoms with Crippen molar-refractivity contribution in [2.45, 2.75) is 64.3 Å². The van der Waals surface area contributed by atoms with Gasteiger partial charge in [-0.1, -0.05) is 60.2 Å². The van der Waals surface area contributed by atoms with Crippen LogP contribution in [-0.4, -0.2) is 60.2 Å². The van der Waals surface area contributed by atoms with Gasteiger partial charge >= 0.3 is 18.0 Å². The molecule has 9 heteroatoms. The summed E-state index contributed by atoms with van der Waals surface area (Å²) in [6.07, 6.45) is -0.446. The molecular weight excluding hydrogens is 476 g/mol. The van der Waals surface area contributed by atoms with E-state index in [-0.39, 0.29) is 13.0 Å². The average Bonchev–Trinajstić information content (AvgIpc) is 3.30. The summed E-state index contributed by atoms with van der Waals surface area (Å²) in [7, 11) is 1.19. The van der Waals surface area contributed by atoms with E-state index in [9.17, 15) is 19.2 Å². The summed E-state index contributed by atoms with van der Waals surface area (Å²) in [5, 5.41) is 2.71. The Morgan fingerprint density at radius 3 is 2.41 bits per heavy atom. The van der Waals surface area contributed by atoms with E-state index in [0.717, 1.165) is 16.7 Å². The summed E-state index contributed by atoms with van der Waals surface area (Å²) in [6, 6.07) is 15.7. The molecule has 9 nitrogen and oxygen atoms in total. The van der Waals surface area contributed by atoms with E-state index in [1.165, 1.54) is 25.9 Å². The minimum Gasteiger partial charge on any atom is -0.467 e. The Morgan fingerprint density at radius 2 is 1.76 bits per heavy atom. The Bertz CT molecular complexity index is 1120. The van der Waals surface area contributed by atoms with Crippen LogP contribution in [0.2, 0.25) is 0 Å². The fourth-order valence-electron chi connectivity index (χ4n) is 4.70. The molecule has 1 unspecified atom stereocenters. The lowest BCUT2D eigenvalue weighted by Crippen LogP contribution is -2.62. The van der Waals surface area contributed by atoms with Crippen LogP contribution in [0.5, 0.6) is 0 Å². The van der Waals surface area contributed by atoms with Crippen LogP contribution in [0.15, 0.2) is 54.6 Å². The van der Waals surface area contributed by atoms with Crippen LogP contribution in [0.25, 0.3) is 0 Å². The molecule has 2 amide bonds. The van der Waals surface area contributed by atoms with E-state index in [0.29, 0.717) is 19.4 Å². The number of amides is 2. The minimum absolute atomic E-state index is 0.0621. The molecule has 2 aromatic carbocycles. The van der Waals surface area contributed by atoms with Crippen LogP contribution >= 0.6 is 0 Å². The first-order valence-electron chi connectivity index (χ1n) is 12.3. The maximum Gasteiger partial charge on any atom is 0.411 e. The lowest BCUT2D eigenvalue weighted by molar-refractivity contribution is -0.157. The summed E-state index contributed by atoms with van der Waals surface area (Å²) in [5.74, 6) is -1.90. The van der Waals surface area contributed by atoms with Gasteiger partial charge in [0.1, 0.15) is 18.2 Å². The fraction of sp³-hybridized carbons (Fsp3) is 0.429. The highest BCUT2D eigenvalue weighted by Gasteiger charge is 2.51. The SMILES string of the molecule is COC(=O)[C@@H](NC(=O)C1(Cc2cccc(C)c2)CCCN1C(=O)OCc1ccccc1)[C@@H](C)OC(C)=O. The maximum absolute atomic E-state index is 14.0. The van der Waals surface area contributed by atoms with Gasteiger partial charge in [0.05, 0.1) is 7.11 Å². The Hall–Kier alpha value is -3.88. The molecule has 198 valence electrons. The normalized spacial score (nSPS) is 18.4. The van der Waals surface area contributed by atoms with Crippen LogP contribution in [0.4, 0.5) is 4.79 Å². The van der Waals surface area contributed by atoms with Gasteiger partial charge in [-0.2, -0.15) is 0 Å². The van der Waals surface area contributed by atoms with Gasteiger partial charge in [-0.3, -0.25) is 14.5 Å². The molecule has 1 heterocycles. The Morgan fingerprint density at radius 1 is 1.05 bits per heavy atom. The summed E-state index contributed by atoms with van der Waals surface area (Å²) in [4.78, 5) is 52.8. The number of hydrogen-bond acceptors (Lipinski definition) is 7. The number of carbonyl (C=O) groups excluding carboxylic acids is 4. The van der Waals surface area contributed by atoms with Crippen molar-refractivity contribution in [3.05, 3.63) is 71.3 Å². The summed E-state index contributed by atoms with van der Waals surface area (Å²) in [6.45, 7) is 5.04. The van der Waals surface area contributed by atoms with Crippen molar-refractivity contribution in [2.75, 3.05) is 13.7 Å². The van der Waals surface area contributed by atoms with Gasteiger partial charge in [-0.15, -0.1) is 0 Å². The highest BCUT2D eigenvalue weighted by Crippen LogP contribution is 2.34. The van der Waals surface area contributed by atoms with Crippen molar-refractivity contribution < 1.29 is 33.4 Å². The monoisotopic (exact) mass is 510 g/mol. The zero-order chi connectivity index (χ0) is 27.0. The van der Waals surface area contributed by atoms with Crippen LogP contribution in [-0.2, 0) is 41.6 Å². The molecule has 1 aliphatic rings. The maximum atomic E-state index is 14.0. The molecule has 1 fully saturated rings. The van der Waals surface area contributed by atoms with Crippen molar-refractivity contribution in [1.29, 1.82) is 0 Å². The minimum atomic E-state index is -1.32. The third kappa shape index (κ3) is 6.87. The van der Waals surface area contributed by atoms with Gasteiger partial charge < -0.3 is 19.5 Å². The number of methoxy groups -OCH3 is 1. The third-order valence-corrected chi connectivity index (χ3v) is 6.48. The second-order valence-corrected chi connectivity index (χ2v) is 9.28. The highest BCUT2D eigenvalue weighted by atomic mass is 16.6. The molecular formula is C28H34N2O7. The number of esters is 2. The second-order valence-electron chi connectivity index (χ2n) is 9.28. The number of aryl methyl sites for hydroxylation is 1. The first kappa shape index (κ1) is 27.7. The van der Waals surface area contributed by atoms with Crippen molar-refractivity contribution in [1.82, 2.24) is 10.2 Å². The number of ether oxygens (including phenoxy) is 3. The standard InChI is InChI=1S/C28H34N2O7/c1-19-10-8-13-23(16-19)17-28(26(33)29-24(25(32)35-4)20(2)37-21(3)31)14-9-15-30(28)27(34)36-18-22-11-6-5-7-12-22/h5-8,10-13,16,20,24H,9,14-15,17-18H2,1-4H3,(H,29,33)/t20-,24+,28?/m1/s1. The molecule has 0 spiro atoms. The summed E-state index contributed by atoms with van der Waals surface area (Å²) >= 11 is 0. The topological polar surface area (TPSA) is 111 Å². The van der Waals surface area contributed by atoms with E-state index < -0.39 is 41.6 Å². The van der Waals surface area contributed by atoms with Crippen molar-refractivity contribution in [3.63, 3.8) is 0 Å². The van der Waals surface area contributed by atoms with Crippen LogP contribution in [0.3, 0.4) is 0 Å². The molecule has 0 aromatic heterocycles. The average molecular weight is 511 g/mol. The zero-order valence-electron chi connectivity index (χ0n) is 21.7. The molecule has 1 N–H and O–H groups in total. The lowest BCUT2D eigenvalue weighted by Gasteiger charge is -2.38. The van der Waals surface area contributed by atoms with Gasteiger partial charge in [0.25, 0.3) is 0 Å². The number of carbonyl (C=O) groups is 4. The molecule has 0 radical (unpaired) electrons. The highest BCUT2D eigenvalue weighted by molar-refractivity contribution is 5.94. The quantitative estimate of drug-likeness (QED) is 0.407. The molecule has 2 aromatic rings. The van der Waals surface area contributed by atoms with E-state index in [4.69, 9.17) is 14.2 Å². The number of rotatable bonds is 9. The second kappa shape index (κ2) is 12.4. The summed E-state index contributed by atoms with van der Waals surface area (Å²) < 4.78 is 15.6. The van der Waals surface area contributed by atoms with Crippen LogP contribution in [0, 0.1) is 6.92 Å². The number of hydrogen-bond donors (Lipinski definition) is 1. The van der Waals surface area contributed by atoms with Gasteiger partial charge in [0, 0.05) is 19.9 Å². The molecule has 1 aliphatic heterocycles. The predicted molar refractivity (Wildman–Crippen MR) is 135 cm³/mol. The molecule has 3 rings (SSSR count). The number of likely N-dealkylation sites (tertiary alicyclic amines) is 1. The van der Waals surface area contributed by atoms with Crippen molar-refractivity contribution in [3.8, 4) is 0 Å². The van der Waals surface area contributed by atoms with Gasteiger partial charge in [0.2, 0.25) is 5.91 Å². The number of nitrogens with one attached hydrogen (secondary N) is 1. The Balaban J connectivity index is 1.92. The zero-order valence-corrected chi connectivity index (χ0v) is 21.7. The van der Waals surface area contributed by atoms with Gasteiger partial charge in [-0.25, -0.2) is 9.59 Å². The molecule has 37 heavy (non-hydrogen) atoms. The molecule has 0 aliphatic carbocycles. The largest absolute Gasteiger partial charge is 0.467 e. The predicted octanol–water partition coefficient (Wildman–Crippen LogP) is 3.32. The Kier molecular flexibility index (Phi) is 9.27. The van der Waals surface area contributed by atoms with Crippen molar-refractivity contribution in [2.24, 2.45) is 0 Å². The van der Waals surface area contributed by atoms with Gasteiger partial charge in [-0.05, 0) is 37.8 Å². The first-order valence-corrected chi connectivity index (χ1v) is 12.3. The summed E-state index contributed by atoms with van der Waals surface area (Å²) in [5.41, 5.74) is 1.38. The van der Waals surface area contributed by atoms with Gasteiger partial charge in [0.15, 0.2) is 6.04 Å². The van der Waals surface area contributed by atoms with E-state index in [2.05, 4.69) is 5.32 Å². The molecule has 0 bridgehead atoms. The van der Waals surface area contributed by atoms with Crippen molar-refractivity contribution >= 4 is 23.9 Å². The van der Waals surface area contributed by atoms with Crippen LogP contribution < -0.4 is 5.32 Å². The smallest absolute Gasteiger partial charge is 0.411 e. The van der Waals surface area contributed by atoms with Crippen LogP contribution in [0.1, 0.15) is 43.4 Å². The number of benzene rings is 2. The third-order valence-electron chi connectivity index (χ3n) is 6.48. The lowest BCUT2D eigenvalue weighted by atomic mass is 9.86. The van der Waals surface area contributed by atoms with E-state index >= 15 is 0 Å². The van der Waals surface area contributed by atoms with E-state index in [1.54, 1.807) is 0 Å². The Labute approximate surface area is 217 Å². The molecule has 0 saturated carbocycles. The first-order chi connectivity index (χ1) is 17.7.